The molecular formula is C9H14N2O2S. The highest BCUT2D eigenvalue weighted by atomic mass is 32.1. The summed E-state index contributed by atoms with van der Waals surface area (Å²) in [6.45, 7) is 3.89. The van der Waals surface area contributed by atoms with Gasteiger partial charge in [0.15, 0.2) is 5.13 Å². The van der Waals surface area contributed by atoms with E-state index in [2.05, 4.69) is 9.72 Å². The van der Waals surface area contributed by atoms with Crippen LogP contribution in [0.2, 0.25) is 0 Å². The highest BCUT2D eigenvalue weighted by molar-refractivity contribution is 7.13. The maximum Gasteiger partial charge on any atom is 0.306 e. The fourth-order valence-electron chi connectivity index (χ4n) is 1.12. The monoisotopic (exact) mass is 214 g/mol. The number of aromatic nitrogens is 1. The lowest BCUT2D eigenvalue weighted by Crippen LogP contribution is -2.23. The van der Waals surface area contributed by atoms with Crippen LogP contribution in [-0.2, 0) is 14.9 Å². The Balaban J connectivity index is 2.79. The van der Waals surface area contributed by atoms with E-state index in [-0.39, 0.29) is 11.4 Å². The van der Waals surface area contributed by atoms with E-state index in [1.807, 2.05) is 19.2 Å². The lowest BCUT2D eigenvalue weighted by atomic mass is 9.86. The molecule has 0 aliphatic rings. The second-order valence-electron chi connectivity index (χ2n) is 3.71. The zero-order valence-electron chi connectivity index (χ0n) is 8.53. The molecule has 0 fully saturated rings. The van der Waals surface area contributed by atoms with Gasteiger partial charge in [0, 0.05) is 10.8 Å². The lowest BCUT2D eigenvalue weighted by molar-refractivity contribution is -0.141. The van der Waals surface area contributed by atoms with Crippen molar-refractivity contribution < 1.29 is 9.53 Å². The summed E-state index contributed by atoms with van der Waals surface area (Å²) in [6, 6.07) is 0. The Morgan fingerprint density at radius 2 is 2.36 bits per heavy atom. The van der Waals surface area contributed by atoms with Crippen LogP contribution in [-0.4, -0.2) is 18.1 Å². The largest absolute Gasteiger partial charge is 0.469 e. The zero-order valence-corrected chi connectivity index (χ0v) is 9.35. The molecule has 1 aromatic rings. The van der Waals surface area contributed by atoms with E-state index >= 15 is 0 Å². The van der Waals surface area contributed by atoms with Gasteiger partial charge in [-0.25, -0.2) is 4.98 Å². The van der Waals surface area contributed by atoms with Crippen molar-refractivity contribution in [1.29, 1.82) is 0 Å². The summed E-state index contributed by atoms with van der Waals surface area (Å²) in [4.78, 5) is 15.3. The van der Waals surface area contributed by atoms with Crippen LogP contribution in [0.5, 0.6) is 0 Å². The van der Waals surface area contributed by atoms with Crippen molar-refractivity contribution in [2.24, 2.45) is 0 Å². The quantitative estimate of drug-likeness (QED) is 0.775. The van der Waals surface area contributed by atoms with Gasteiger partial charge in [-0.15, -0.1) is 11.3 Å². The number of nitrogens with zero attached hydrogens (tertiary/aromatic N) is 1. The number of hydrogen-bond donors (Lipinski definition) is 1. The predicted molar refractivity (Wildman–Crippen MR) is 56.2 cm³/mol. The lowest BCUT2D eigenvalue weighted by Gasteiger charge is -2.20. The molecule has 5 heteroatoms. The smallest absolute Gasteiger partial charge is 0.306 e. The maximum atomic E-state index is 11.1. The van der Waals surface area contributed by atoms with Crippen LogP contribution in [0.1, 0.15) is 26.0 Å². The van der Waals surface area contributed by atoms with Crippen molar-refractivity contribution in [2.45, 2.75) is 25.7 Å². The molecule has 0 aromatic carbocycles. The van der Waals surface area contributed by atoms with Gasteiger partial charge in [0.1, 0.15) is 0 Å². The maximum absolute atomic E-state index is 11.1. The van der Waals surface area contributed by atoms with Crippen LogP contribution in [0.25, 0.3) is 0 Å². The highest BCUT2D eigenvalue weighted by Gasteiger charge is 2.27. The Hall–Kier alpha value is -1.10. The van der Waals surface area contributed by atoms with E-state index in [1.165, 1.54) is 18.4 Å². The van der Waals surface area contributed by atoms with E-state index < -0.39 is 0 Å². The van der Waals surface area contributed by atoms with Crippen LogP contribution < -0.4 is 5.73 Å². The number of anilines is 1. The van der Waals surface area contributed by atoms with E-state index in [1.54, 1.807) is 0 Å². The molecule has 1 heterocycles. The minimum absolute atomic E-state index is 0.235. The van der Waals surface area contributed by atoms with Gasteiger partial charge in [0.2, 0.25) is 0 Å². The van der Waals surface area contributed by atoms with Crippen LogP contribution in [0.15, 0.2) is 5.38 Å². The molecule has 0 unspecified atom stereocenters. The second kappa shape index (κ2) is 3.96. The first-order chi connectivity index (χ1) is 6.45. The van der Waals surface area contributed by atoms with Crippen LogP contribution in [0.3, 0.4) is 0 Å². The van der Waals surface area contributed by atoms with Crippen LogP contribution in [0, 0.1) is 0 Å². The van der Waals surface area contributed by atoms with E-state index in [4.69, 9.17) is 5.73 Å². The summed E-state index contributed by atoms with van der Waals surface area (Å²) in [7, 11) is 1.38. The normalized spacial score (nSPS) is 11.4. The van der Waals surface area contributed by atoms with Crippen molar-refractivity contribution in [2.75, 3.05) is 12.8 Å². The molecule has 0 saturated carbocycles. The summed E-state index contributed by atoms with van der Waals surface area (Å²) in [6.07, 6.45) is 0.312. The molecule has 0 atom stereocenters. The average Bonchev–Trinajstić information content (AvgIpc) is 2.51. The molecule has 0 spiro atoms. The number of methoxy groups -OCH3 is 1. The third-order valence-corrected chi connectivity index (χ3v) is 2.70. The van der Waals surface area contributed by atoms with E-state index in [0.29, 0.717) is 11.6 Å². The summed E-state index contributed by atoms with van der Waals surface area (Å²) >= 11 is 1.38. The van der Waals surface area contributed by atoms with Crippen molar-refractivity contribution in [1.82, 2.24) is 4.98 Å². The van der Waals surface area contributed by atoms with Gasteiger partial charge in [0.25, 0.3) is 0 Å². The summed E-state index contributed by atoms with van der Waals surface area (Å²) in [5.41, 5.74) is 6.05. The van der Waals surface area contributed by atoms with Gasteiger partial charge >= 0.3 is 5.97 Å². The molecular weight excluding hydrogens is 200 g/mol. The first kappa shape index (κ1) is 11.0. The first-order valence-corrected chi connectivity index (χ1v) is 5.12. The van der Waals surface area contributed by atoms with Gasteiger partial charge in [-0.1, -0.05) is 13.8 Å². The molecule has 1 aromatic heterocycles. The van der Waals surface area contributed by atoms with Gasteiger partial charge in [0.05, 0.1) is 19.2 Å². The standard InChI is InChI=1S/C9H14N2O2S/c1-9(2,4-7(12)13-3)6-5-14-8(10)11-6/h5H,4H2,1-3H3,(H2,10,11). The van der Waals surface area contributed by atoms with E-state index in [9.17, 15) is 4.79 Å². The van der Waals surface area contributed by atoms with Gasteiger partial charge in [-0.2, -0.15) is 0 Å². The van der Waals surface area contributed by atoms with Crippen molar-refractivity contribution in [3.05, 3.63) is 11.1 Å². The molecule has 1 rings (SSSR count). The minimum atomic E-state index is -0.318. The first-order valence-electron chi connectivity index (χ1n) is 4.24. The molecule has 14 heavy (non-hydrogen) atoms. The van der Waals surface area contributed by atoms with Gasteiger partial charge < -0.3 is 10.5 Å². The molecule has 0 radical (unpaired) electrons. The summed E-state index contributed by atoms with van der Waals surface area (Å²) in [5, 5.41) is 2.40. The fourth-order valence-corrected chi connectivity index (χ4v) is 1.88. The summed E-state index contributed by atoms with van der Waals surface area (Å²) in [5.74, 6) is -0.235. The number of esters is 1. The zero-order chi connectivity index (χ0) is 10.8. The third kappa shape index (κ3) is 2.45. The number of rotatable bonds is 3. The number of hydrogen-bond acceptors (Lipinski definition) is 5. The average molecular weight is 214 g/mol. The fraction of sp³-hybridized carbons (Fsp3) is 0.556. The number of ether oxygens (including phenoxy) is 1. The van der Waals surface area contributed by atoms with Crippen molar-refractivity contribution >= 4 is 22.4 Å². The predicted octanol–water partition coefficient (Wildman–Crippen LogP) is 1.57. The van der Waals surface area contributed by atoms with Crippen LogP contribution >= 0.6 is 11.3 Å². The molecule has 78 valence electrons. The second-order valence-corrected chi connectivity index (χ2v) is 4.60. The van der Waals surface area contributed by atoms with Gasteiger partial charge in [-0.05, 0) is 0 Å². The topological polar surface area (TPSA) is 65.2 Å². The van der Waals surface area contributed by atoms with Crippen molar-refractivity contribution in [3.63, 3.8) is 0 Å². The minimum Gasteiger partial charge on any atom is -0.469 e. The van der Waals surface area contributed by atoms with Gasteiger partial charge in [-0.3, -0.25) is 4.79 Å². The molecule has 0 aliphatic heterocycles. The number of nitrogen functional groups attached to an aromatic ring is 1. The molecule has 2 N–H and O–H groups in total. The highest BCUT2D eigenvalue weighted by Crippen LogP contribution is 2.29. The Kier molecular flexibility index (Phi) is 3.10. The Bertz CT molecular complexity index is 333. The van der Waals surface area contributed by atoms with Crippen molar-refractivity contribution in [3.8, 4) is 0 Å². The third-order valence-electron chi connectivity index (χ3n) is 2.03. The van der Waals surface area contributed by atoms with Crippen LogP contribution in [0.4, 0.5) is 5.13 Å². The number of carbonyl (C=O) groups is 1. The molecule has 0 bridgehead atoms. The van der Waals surface area contributed by atoms with E-state index in [0.717, 1.165) is 5.69 Å². The SMILES string of the molecule is COC(=O)CC(C)(C)c1csc(N)n1. The number of thiazole rings is 1. The molecule has 0 saturated heterocycles. The summed E-state index contributed by atoms with van der Waals surface area (Å²) < 4.78 is 4.62. The molecule has 4 nitrogen and oxygen atoms in total. The molecule has 0 amide bonds. The Morgan fingerprint density at radius 1 is 1.71 bits per heavy atom. The molecule has 0 aliphatic carbocycles. The Labute approximate surface area is 87.1 Å². The number of carbonyl (C=O) groups excluding carboxylic acids is 1. The number of nitrogens with two attached hydrogens (primary N) is 1. The Morgan fingerprint density at radius 3 is 2.79 bits per heavy atom.